The Bertz CT molecular complexity index is 1230. The normalized spacial score (nSPS) is 19.9. The molecule has 0 saturated carbocycles. The van der Waals surface area contributed by atoms with Crippen LogP contribution in [0.5, 0.6) is 0 Å². The van der Waals surface area contributed by atoms with E-state index in [0.717, 1.165) is 66.9 Å². The number of hydroxylamine groups is 1. The Hall–Kier alpha value is -2.63. The molecule has 2 amide bonds. The smallest absolute Gasteiger partial charge is 0.326 e. The minimum atomic E-state index is -4.72. The van der Waals surface area contributed by atoms with Crippen LogP contribution < -0.4 is 9.62 Å². The molecule has 2 aromatic rings. The maximum Gasteiger partial charge on any atom is 0.326 e. The Morgan fingerprint density at radius 2 is 1.81 bits per heavy atom. The number of carbonyl (C=O) groups excluding carboxylic acids is 1. The summed E-state index contributed by atoms with van der Waals surface area (Å²) < 4.78 is 29.7. The van der Waals surface area contributed by atoms with Gasteiger partial charge in [-0.2, -0.15) is 13.5 Å². The van der Waals surface area contributed by atoms with Gasteiger partial charge in [0.2, 0.25) is 0 Å². The average molecular weight is 516 g/mol. The Labute approximate surface area is 213 Å². The molecule has 1 N–H and O–H groups in total. The van der Waals surface area contributed by atoms with Crippen molar-refractivity contribution in [3.63, 3.8) is 0 Å². The zero-order chi connectivity index (χ0) is 25.6. The molecular formula is C25H35N6O4S-. The molecule has 10 nitrogen and oxygen atoms in total. The number of likely N-dealkylation sites (tertiary alicyclic amines) is 1. The third kappa shape index (κ3) is 4.48. The number of rotatable bonds is 6. The van der Waals surface area contributed by atoms with Crippen LogP contribution in [0.4, 0.5) is 16.2 Å². The van der Waals surface area contributed by atoms with E-state index in [-0.39, 0.29) is 16.2 Å². The lowest BCUT2D eigenvalue weighted by atomic mass is 9.99. The van der Waals surface area contributed by atoms with Crippen LogP contribution in [-0.4, -0.2) is 58.8 Å². The van der Waals surface area contributed by atoms with Gasteiger partial charge in [0.1, 0.15) is 0 Å². The molecule has 1 unspecified atom stereocenters. The SMILES string of the molecule is CC(C)N1CCCC(N(c2cnn(C)c2)S(=O)(=O)N([O-])C(=O)Nc2c3c(cc4c2CCC4)CCC3)C1. The number of benzene rings is 1. The van der Waals surface area contributed by atoms with Crippen molar-refractivity contribution < 1.29 is 13.2 Å². The Balaban J connectivity index is 1.45. The highest BCUT2D eigenvalue weighted by Gasteiger charge is 2.38. The third-order valence-electron chi connectivity index (χ3n) is 7.76. The van der Waals surface area contributed by atoms with Crippen LogP contribution in [0.3, 0.4) is 0 Å². The first-order valence-electron chi connectivity index (χ1n) is 12.9. The zero-order valence-electron chi connectivity index (χ0n) is 21.2. The monoisotopic (exact) mass is 515 g/mol. The number of amides is 2. The number of hydrogen-bond acceptors (Lipinski definition) is 6. The summed E-state index contributed by atoms with van der Waals surface area (Å²) in [5, 5.41) is 20.1. The Morgan fingerprint density at radius 1 is 1.14 bits per heavy atom. The van der Waals surface area contributed by atoms with Crippen LogP contribution >= 0.6 is 0 Å². The molecule has 0 bridgehead atoms. The second-order valence-electron chi connectivity index (χ2n) is 10.5. The highest BCUT2D eigenvalue weighted by atomic mass is 32.2. The molecule has 0 spiro atoms. The predicted octanol–water partition coefficient (Wildman–Crippen LogP) is 3.35. The van der Waals surface area contributed by atoms with Gasteiger partial charge in [0.05, 0.1) is 17.9 Å². The van der Waals surface area contributed by atoms with Crippen molar-refractivity contribution in [2.75, 3.05) is 22.7 Å². The number of aryl methyl sites for hydroxylation is 3. The van der Waals surface area contributed by atoms with Crippen LogP contribution in [0.1, 0.15) is 61.8 Å². The molecule has 1 aromatic carbocycles. The summed E-state index contributed by atoms with van der Waals surface area (Å²) in [7, 11) is -3.03. The minimum absolute atomic E-state index is 0.236. The van der Waals surface area contributed by atoms with Gasteiger partial charge in [0.15, 0.2) is 0 Å². The van der Waals surface area contributed by atoms with Gasteiger partial charge in [-0.3, -0.25) is 14.1 Å². The number of piperidine rings is 1. The molecule has 2 heterocycles. The number of fused-ring (bicyclic) bond motifs is 2. The Kier molecular flexibility index (Phi) is 6.73. The number of nitrogens with one attached hydrogen (secondary N) is 1. The molecular weight excluding hydrogens is 480 g/mol. The topological polar surface area (TPSA) is 114 Å². The first kappa shape index (κ1) is 25.0. The fraction of sp³-hybridized carbons (Fsp3) is 0.600. The molecule has 1 aliphatic heterocycles. The summed E-state index contributed by atoms with van der Waals surface area (Å²) in [6.45, 7) is 5.46. The number of nitrogens with zero attached hydrogens (tertiary/aromatic N) is 5. The van der Waals surface area contributed by atoms with Crippen LogP contribution in [0.25, 0.3) is 0 Å². The standard InChI is InChI=1S/C25H35N6O4S/c1-17(2)29-12-6-9-20(16-29)30(21-14-26-28(3)15-21)36(34,35)31(33)25(32)27-24-22-10-4-7-18(22)13-19-8-5-11-23(19)24/h13-15,17,20H,4-12,16H2,1-3H3,(H,27,32)/q-1. The summed E-state index contributed by atoms with van der Waals surface area (Å²) in [5.74, 6) is 0. The van der Waals surface area contributed by atoms with Crippen molar-refractivity contribution in [1.82, 2.24) is 19.1 Å². The van der Waals surface area contributed by atoms with Crippen molar-refractivity contribution in [2.45, 2.75) is 77.3 Å². The van der Waals surface area contributed by atoms with Crippen molar-refractivity contribution in [1.29, 1.82) is 0 Å². The maximum absolute atomic E-state index is 13.7. The fourth-order valence-corrected chi connectivity index (χ4v) is 7.33. The number of aromatic nitrogens is 2. The molecule has 196 valence electrons. The van der Waals surface area contributed by atoms with E-state index in [0.29, 0.717) is 18.7 Å². The lowest BCUT2D eigenvalue weighted by molar-refractivity contribution is 0.169. The first-order chi connectivity index (χ1) is 17.2. The minimum Gasteiger partial charge on any atom is -0.740 e. The van der Waals surface area contributed by atoms with Crippen LogP contribution in [0.2, 0.25) is 0 Å². The molecule has 1 atom stereocenters. The van der Waals surface area contributed by atoms with Crippen LogP contribution in [0, 0.1) is 5.21 Å². The molecule has 1 fully saturated rings. The lowest BCUT2D eigenvalue weighted by Crippen LogP contribution is -2.55. The zero-order valence-corrected chi connectivity index (χ0v) is 22.1. The van der Waals surface area contributed by atoms with Gasteiger partial charge in [0, 0.05) is 31.5 Å². The van der Waals surface area contributed by atoms with E-state index < -0.39 is 22.3 Å². The largest absolute Gasteiger partial charge is 0.740 e. The molecule has 1 aromatic heterocycles. The van der Waals surface area contributed by atoms with Crippen LogP contribution in [-0.2, 0) is 42.9 Å². The van der Waals surface area contributed by atoms with E-state index in [9.17, 15) is 18.4 Å². The van der Waals surface area contributed by atoms with Gasteiger partial charge >= 0.3 is 16.2 Å². The lowest BCUT2D eigenvalue weighted by Gasteiger charge is -2.43. The first-order valence-corrected chi connectivity index (χ1v) is 14.3. The van der Waals surface area contributed by atoms with Gasteiger partial charge in [0.25, 0.3) is 0 Å². The van der Waals surface area contributed by atoms with Gasteiger partial charge in [-0.05, 0) is 94.0 Å². The molecule has 36 heavy (non-hydrogen) atoms. The quantitative estimate of drug-likeness (QED) is 0.590. The Morgan fingerprint density at radius 3 is 2.39 bits per heavy atom. The van der Waals surface area contributed by atoms with E-state index in [1.54, 1.807) is 13.2 Å². The molecule has 5 rings (SSSR count). The fourth-order valence-electron chi connectivity index (χ4n) is 6.00. The van der Waals surface area contributed by atoms with Gasteiger partial charge in [-0.25, -0.2) is 9.10 Å². The van der Waals surface area contributed by atoms with Gasteiger partial charge in [-0.1, -0.05) is 6.07 Å². The van der Waals surface area contributed by atoms with Gasteiger partial charge < -0.3 is 10.5 Å². The van der Waals surface area contributed by atoms with E-state index in [1.807, 2.05) is 0 Å². The number of hydrogen-bond donors (Lipinski definition) is 1. The van der Waals surface area contributed by atoms with Crippen molar-refractivity contribution >= 4 is 27.6 Å². The predicted molar refractivity (Wildman–Crippen MR) is 139 cm³/mol. The molecule has 3 aliphatic rings. The van der Waals surface area contributed by atoms with E-state index in [2.05, 4.69) is 35.2 Å². The number of carbonyl (C=O) groups is 1. The number of urea groups is 1. The number of anilines is 2. The van der Waals surface area contributed by atoms with E-state index in [1.165, 1.54) is 22.0 Å². The second kappa shape index (κ2) is 9.68. The molecule has 1 saturated heterocycles. The molecule has 0 radical (unpaired) electrons. The molecule has 11 heteroatoms. The average Bonchev–Trinajstić information content (AvgIpc) is 3.59. The van der Waals surface area contributed by atoms with Crippen molar-refractivity contribution in [3.05, 3.63) is 45.9 Å². The van der Waals surface area contributed by atoms with E-state index in [4.69, 9.17) is 0 Å². The summed E-state index contributed by atoms with van der Waals surface area (Å²) in [4.78, 5) is 15.4. The summed E-state index contributed by atoms with van der Waals surface area (Å²) in [6.07, 6.45) is 9.86. The third-order valence-corrected chi connectivity index (χ3v) is 9.36. The highest BCUT2D eigenvalue weighted by Crippen LogP contribution is 2.39. The van der Waals surface area contributed by atoms with Crippen molar-refractivity contribution in [3.8, 4) is 0 Å². The maximum atomic E-state index is 13.7. The highest BCUT2D eigenvalue weighted by molar-refractivity contribution is 7.91. The van der Waals surface area contributed by atoms with Crippen LogP contribution in [0.15, 0.2) is 18.5 Å². The summed E-state index contributed by atoms with van der Waals surface area (Å²) in [6, 6.07) is 0.805. The second-order valence-corrected chi connectivity index (χ2v) is 12.1. The van der Waals surface area contributed by atoms with E-state index >= 15 is 0 Å². The molecule has 2 aliphatic carbocycles. The summed E-state index contributed by atoms with van der Waals surface area (Å²) in [5.41, 5.74) is 5.40. The van der Waals surface area contributed by atoms with Gasteiger partial charge in [-0.15, -0.1) is 0 Å². The van der Waals surface area contributed by atoms with Crippen molar-refractivity contribution in [2.24, 2.45) is 7.05 Å². The summed E-state index contributed by atoms with van der Waals surface area (Å²) >= 11 is 0.